The molecule has 1 aromatic rings. The van der Waals surface area contributed by atoms with Crippen molar-refractivity contribution < 1.29 is 5.11 Å². The lowest BCUT2D eigenvalue weighted by Gasteiger charge is -2.61. The van der Waals surface area contributed by atoms with Crippen LogP contribution < -0.4 is 0 Å². The summed E-state index contributed by atoms with van der Waals surface area (Å²) in [5.74, 6) is 0. The Bertz CT molecular complexity index is 529. The van der Waals surface area contributed by atoms with E-state index in [2.05, 4.69) is 52.0 Å². The maximum Gasteiger partial charge on any atom is 0.0682 e. The Morgan fingerprint density at radius 2 is 1.83 bits per heavy atom. The number of hydrogen-bond donors (Lipinski definition) is 1. The number of fused-ring (bicyclic) bond motifs is 2. The van der Waals surface area contributed by atoms with E-state index in [0.29, 0.717) is 11.6 Å². The van der Waals surface area contributed by atoms with Crippen LogP contribution in [0.1, 0.15) is 18.9 Å². The van der Waals surface area contributed by atoms with Crippen molar-refractivity contribution in [3.05, 3.63) is 35.9 Å². The Labute approximate surface area is 139 Å². The Kier molecular flexibility index (Phi) is 4.18. The van der Waals surface area contributed by atoms with Crippen LogP contribution >= 0.6 is 0 Å². The first kappa shape index (κ1) is 15.6. The average Bonchev–Trinajstić information content (AvgIpc) is 2.91. The van der Waals surface area contributed by atoms with Gasteiger partial charge < -0.3 is 5.11 Å². The molecule has 3 aliphatic rings. The van der Waals surface area contributed by atoms with Crippen LogP contribution in [0.25, 0.3) is 0 Å². The first-order valence-electron chi connectivity index (χ1n) is 9.12. The zero-order chi connectivity index (χ0) is 15.9. The Hall–Kier alpha value is -0.940. The van der Waals surface area contributed by atoms with E-state index in [9.17, 15) is 5.11 Å². The van der Waals surface area contributed by atoms with Gasteiger partial charge in [0.1, 0.15) is 0 Å². The molecule has 3 fully saturated rings. The fourth-order valence-electron chi connectivity index (χ4n) is 4.91. The van der Waals surface area contributed by atoms with Gasteiger partial charge in [-0.15, -0.1) is 0 Å². The van der Waals surface area contributed by atoms with Crippen LogP contribution in [0.3, 0.4) is 0 Å². The van der Waals surface area contributed by atoms with E-state index < -0.39 is 0 Å². The molecule has 4 nitrogen and oxygen atoms in total. The lowest BCUT2D eigenvalue weighted by atomic mass is 9.83. The SMILES string of the molecule is CCN1CC2(CN(CCc3ccccc3)C[C@@H]3C[C@@H](O)CN32)C1. The minimum Gasteiger partial charge on any atom is -0.392 e. The first-order chi connectivity index (χ1) is 11.2. The summed E-state index contributed by atoms with van der Waals surface area (Å²) in [6, 6.07) is 11.4. The summed E-state index contributed by atoms with van der Waals surface area (Å²) < 4.78 is 0. The second-order valence-electron chi connectivity index (χ2n) is 7.69. The summed E-state index contributed by atoms with van der Waals surface area (Å²) in [4.78, 5) is 7.82. The Morgan fingerprint density at radius 3 is 2.57 bits per heavy atom. The molecule has 3 aliphatic heterocycles. The van der Waals surface area contributed by atoms with Crippen LogP contribution in [0.2, 0.25) is 0 Å². The second kappa shape index (κ2) is 6.17. The Balaban J connectivity index is 1.43. The van der Waals surface area contributed by atoms with Gasteiger partial charge in [0.25, 0.3) is 0 Å². The quantitative estimate of drug-likeness (QED) is 0.900. The van der Waals surface area contributed by atoms with Gasteiger partial charge in [0.05, 0.1) is 11.6 Å². The fourth-order valence-corrected chi connectivity index (χ4v) is 4.91. The van der Waals surface area contributed by atoms with Gasteiger partial charge >= 0.3 is 0 Å². The Morgan fingerprint density at radius 1 is 1.09 bits per heavy atom. The van der Waals surface area contributed by atoms with Crippen LogP contribution in [0.15, 0.2) is 30.3 Å². The average molecular weight is 315 g/mol. The number of rotatable bonds is 4. The molecule has 0 saturated carbocycles. The number of hydrogen-bond acceptors (Lipinski definition) is 4. The normalized spacial score (nSPS) is 31.2. The van der Waals surface area contributed by atoms with Crippen molar-refractivity contribution >= 4 is 0 Å². The summed E-state index contributed by atoms with van der Waals surface area (Å²) in [6.45, 7) is 10.1. The van der Waals surface area contributed by atoms with Gasteiger partial charge in [-0.05, 0) is 24.9 Å². The standard InChI is InChI=1S/C19H29N3O/c1-2-20-13-19(14-20)15-21(9-8-16-6-4-3-5-7-16)11-17-10-18(23)12-22(17)19/h3-7,17-18,23H,2,8-15H2,1H3/t17-,18+/m0/s1. The van der Waals surface area contributed by atoms with Gasteiger partial charge in [0.15, 0.2) is 0 Å². The summed E-state index contributed by atoms with van der Waals surface area (Å²) in [5, 5.41) is 10.2. The first-order valence-corrected chi connectivity index (χ1v) is 9.12. The number of β-amino-alcohol motifs (C(OH)–C–C–N with tert-alkyl or cyclic N) is 1. The number of aliphatic hydroxyl groups excluding tert-OH is 1. The highest BCUT2D eigenvalue weighted by atomic mass is 16.3. The predicted octanol–water partition coefficient (Wildman–Crippen LogP) is 1.05. The van der Waals surface area contributed by atoms with E-state index in [-0.39, 0.29) is 6.10 Å². The van der Waals surface area contributed by atoms with Crippen molar-refractivity contribution in [2.24, 2.45) is 0 Å². The van der Waals surface area contributed by atoms with Crippen molar-refractivity contribution in [1.82, 2.24) is 14.7 Å². The van der Waals surface area contributed by atoms with Crippen LogP contribution in [0.5, 0.6) is 0 Å². The number of benzene rings is 1. The monoisotopic (exact) mass is 315 g/mol. The molecule has 0 radical (unpaired) electrons. The van der Waals surface area contributed by atoms with E-state index in [4.69, 9.17) is 0 Å². The van der Waals surface area contributed by atoms with E-state index in [1.54, 1.807) is 0 Å². The summed E-state index contributed by atoms with van der Waals surface area (Å²) in [6.07, 6.45) is 1.96. The summed E-state index contributed by atoms with van der Waals surface area (Å²) in [5.41, 5.74) is 1.73. The third kappa shape index (κ3) is 2.93. The third-order valence-electron chi connectivity index (χ3n) is 6.03. The number of nitrogens with zero attached hydrogens (tertiary/aromatic N) is 3. The molecule has 4 heteroatoms. The van der Waals surface area contributed by atoms with E-state index >= 15 is 0 Å². The number of likely N-dealkylation sites (tertiary alicyclic amines) is 1. The summed E-state index contributed by atoms with van der Waals surface area (Å²) in [7, 11) is 0. The minimum atomic E-state index is -0.123. The highest BCUT2D eigenvalue weighted by Gasteiger charge is 2.55. The third-order valence-corrected chi connectivity index (χ3v) is 6.03. The highest BCUT2D eigenvalue weighted by molar-refractivity contribution is 5.16. The van der Waals surface area contributed by atoms with Gasteiger partial charge in [-0.2, -0.15) is 0 Å². The van der Waals surface area contributed by atoms with Gasteiger partial charge in [-0.1, -0.05) is 37.3 Å². The van der Waals surface area contributed by atoms with E-state index in [1.807, 2.05) is 0 Å². The largest absolute Gasteiger partial charge is 0.392 e. The van der Waals surface area contributed by atoms with Crippen molar-refractivity contribution in [2.75, 3.05) is 45.8 Å². The van der Waals surface area contributed by atoms with Crippen molar-refractivity contribution in [2.45, 2.75) is 37.5 Å². The molecular formula is C19H29N3O. The fraction of sp³-hybridized carbons (Fsp3) is 0.684. The van der Waals surface area contributed by atoms with Gasteiger partial charge in [0, 0.05) is 45.3 Å². The van der Waals surface area contributed by atoms with Crippen LogP contribution in [0.4, 0.5) is 0 Å². The highest BCUT2D eigenvalue weighted by Crippen LogP contribution is 2.38. The number of aliphatic hydroxyl groups is 1. The van der Waals surface area contributed by atoms with Gasteiger partial charge in [-0.25, -0.2) is 0 Å². The molecule has 0 amide bonds. The molecule has 3 heterocycles. The number of likely N-dealkylation sites (N-methyl/N-ethyl adjacent to an activating group) is 1. The molecule has 23 heavy (non-hydrogen) atoms. The molecule has 0 aromatic heterocycles. The van der Waals surface area contributed by atoms with Crippen LogP contribution in [-0.4, -0.2) is 83.3 Å². The number of piperazine rings is 1. The molecule has 3 saturated heterocycles. The van der Waals surface area contributed by atoms with Gasteiger partial charge in [0.2, 0.25) is 0 Å². The molecule has 1 spiro atoms. The molecule has 2 atom stereocenters. The van der Waals surface area contributed by atoms with E-state index in [0.717, 1.165) is 39.0 Å². The molecule has 0 aliphatic carbocycles. The molecule has 1 aromatic carbocycles. The van der Waals surface area contributed by atoms with Crippen molar-refractivity contribution in [3.63, 3.8) is 0 Å². The van der Waals surface area contributed by atoms with Crippen LogP contribution in [0, 0.1) is 0 Å². The lowest BCUT2D eigenvalue weighted by Crippen LogP contribution is -2.78. The molecule has 126 valence electrons. The maximum atomic E-state index is 10.2. The molecule has 1 N–H and O–H groups in total. The van der Waals surface area contributed by atoms with Gasteiger partial charge in [-0.3, -0.25) is 14.7 Å². The predicted molar refractivity (Wildman–Crippen MR) is 92.5 cm³/mol. The lowest BCUT2D eigenvalue weighted by molar-refractivity contribution is -0.111. The zero-order valence-electron chi connectivity index (χ0n) is 14.2. The van der Waals surface area contributed by atoms with E-state index in [1.165, 1.54) is 25.2 Å². The topological polar surface area (TPSA) is 30.0 Å². The smallest absolute Gasteiger partial charge is 0.0682 e. The second-order valence-corrected chi connectivity index (χ2v) is 7.69. The zero-order valence-corrected chi connectivity index (χ0v) is 14.2. The van der Waals surface area contributed by atoms with Crippen LogP contribution in [-0.2, 0) is 6.42 Å². The molecule has 4 rings (SSSR count). The molecule has 0 bridgehead atoms. The maximum absolute atomic E-state index is 10.2. The van der Waals surface area contributed by atoms with Crippen molar-refractivity contribution in [1.29, 1.82) is 0 Å². The molecule has 0 unspecified atom stereocenters. The minimum absolute atomic E-state index is 0.123. The molecular weight excluding hydrogens is 286 g/mol. The van der Waals surface area contributed by atoms with Crippen molar-refractivity contribution in [3.8, 4) is 0 Å². The summed E-state index contributed by atoms with van der Waals surface area (Å²) >= 11 is 0.